The number of dihydropyridines is 1. The maximum Gasteiger partial charge on any atom is 0.158 e. The van der Waals surface area contributed by atoms with Gasteiger partial charge in [-0.3, -0.25) is 9.59 Å². The smallest absolute Gasteiger partial charge is 0.158 e. The number of fused-ring (bicyclic) bond motifs is 1. The van der Waals surface area contributed by atoms with Gasteiger partial charge in [0.15, 0.2) is 11.6 Å². The first-order chi connectivity index (χ1) is 14.9. The molecule has 3 aromatic rings. The molecule has 4 rings (SSSR count). The lowest BCUT2D eigenvalue weighted by Gasteiger charge is -2.30. The number of benzene rings is 2. The Labute approximate surface area is 186 Å². The van der Waals surface area contributed by atoms with E-state index in [0.717, 1.165) is 39.3 Å². The van der Waals surface area contributed by atoms with Crippen molar-refractivity contribution in [1.82, 2.24) is 5.32 Å². The third-order valence-corrected chi connectivity index (χ3v) is 6.75. The fourth-order valence-corrected chi connectivity index (χ4v) is 5.39. The molecule has 4 nitrogen and oxygen atoms in total. The van der Waals surface area contributed by atoms with Gasteiger partial charge in [0.2, 0.25) is 0 Å². The van der Waals surface area contributed by atoms with Crippen molar-refractivity contribution in [1.29, 1.82) is 0 Å². The van der Waals surface area contributed by atoms with Crippen molar-refractivity contribution in [2.75, 3.05) is 5.32 Å². The van der Waals surface area contributed by atoms with Gasteiger partial charge in [-0.15, -0.1) is 11.3 Å². The summed E-state index contributed by atoms with van der Waals surface area (Å²) in [5.74, 6) is -0.382. The Hall–Kier alpha value is -3.18. The summed E-state index contributed by atoms with van der Waals surface area (Å²) in [6.07, 6.45) is 0. The van der Waals surface area contributed by atoms with E-state index in [2.05, 4.69) is 46.3 Å². The Bertz CT molecular complexity index is 1200. The molecule has 31 heavy (non-hydrogen) atoms. The topological polar surface area (TPSA) is 58.2 Å². The van der Waals surface area contributed by atoms with Gasteiger partial charge in [0.05, 0.1) is 0 Å². The molecule has 0 saturated heterocycles. The summed E-state index contributed by atoms with van der Waals surface area (Å²) in [5, 5.41) is 9.90. The predicted octanol–water partition coefficient (Wildman–Crippen LogP) is 5.93. The second-order valence-corrected chi connectivity index (χ2v) is 8.90. The maximum atomic E-state index is 12.6. The van der Waals surface area contributed by atoms with Crippen LogP contribution in [-0.4, -0.2) is 11.6 Å². The van der Waals surface area contributed by atoms with Crippen LogP contribution in [0.5, 0.6) is 0 Å². The van der Waals surface area contributed by atoms with Crippen LogP contribution in [0.25, 0.3) is 10.1 Å². The van der Waals surface area contributed by atoms with Crippen molar-refractivity contribution in [2.24, 2.45) is 0 Å². The van der Waals surface area contributed by atoms with E-state index < -0.39 is 0 Å². The van der Waals surface area contributed by atoms with Gasteiger partial charge in [-0.25, -0.2) is 0 Å². The van der Waals surface area contributed by atoms with E-state index in [-0.39, 0.29) is 17.5 Å². The number of ketones is 2. The van der Waals surface area contributed by atoms with Crippen LogP contribution in [0.1, 0.15) is 44.7 Å². The van der Waals surface area contributed by atoms with Crippen LogP contribution in [0.2, 0.25) is 0 Å². The van der Waals surface area contributed by atoms with E-state index in [4.69, 9.17) is 0 Å². The lowest BCUT2D eigenvalue weighted by molar-refractivity contribution is -0.114. The molecule has 2 N–H and O–H groups in total. The second-order valence-electron chi connectivity index (χ2n) is 7.99. The molecule has 0 aliphatic carbocycles. The van der Waals surface area contributed by atoms with E-state index in [0.29, 0.717) is 11.1 Å². The zero-order chi connectivity index (χ0) is 22.1. The molecule has 0 fully saturated rings. The van der Waals surface area contributed by atoms with Crippen molar-refractivity contribution < 1.29 is 9.59 Å². The van der Waals surface area contributed by atoms with Crippen LogP contribution < -0.4 is 10.6 Å². The molecule has 0 bridgehead atoms. The van der Waals surface area contributed by atoms with Crippen LogP contribution >= 0.6 is 11.3 Å². The number of hydrogen-bond donors (Lipinski definition) is 2. The molecule has 158 valence electrons. The van der Waals surface area contributed by atoms with Crippen LogP contribution in [0.15, 0.2) is 76.5 Å². The molecular formula is C26H26N2O2S. The SMILES string of the molecule is CC(=O)C1=C(C)NC(C)=C(C(C)=O)C1c1csc2ccc(NCc3ccccc3)cc12. The van der Waals surface area contributed by atoms with Crippen LogP contribution in [-0.2, 0) is 16.1 Å². The van der Waals surface area contributed by atoms with E-state index in [1.165, 1.54) is 5.56 Å². The molecule has 0 unspecified atom stereocenters. The molecule has 0 radical (unpaired) electrons. The van der Waals surface area contributed by atoms with Crippen LogP contribution in [0.4, 0.5) is 5.69 Å². The van der Waals surface area contributed by atoms with Crippen LogP contribution in [0.3, 0.4) is 0 Å². The molecule has 0 saturated carbocycles. The molecule has 1 aromatic heterocycles. The second kappa shape index (κ2) is 8.52. The van der Waals surface area contributed by atoms with Crippen LogP contribution in [0, 0.1) is 0 Å². The number of hydrogen-bond acceptors (Lipinski definition) is 5. The van der Waals surface area contributed by atoms with Gasteiger partial charge in [-0.1, -0.05) is 30.3 Å². The molecule has 2 aromatic carbocycles. The average molecular weight is 431 g/mol. The van der Waals surface area contributed by atoms with Crippen molar-refractivity contribution in [3.63, 3.8) is 0 Å². The highest BCUT2D eigenvalue weighted by Crippen LogP contribution is 2.44. The van der Waals surface area contributed by atoms with Crippen molar-refractivity contribution in [3.05, 3.63) is 87.6 Å². The fraction of sp³-hybridized carbons (Fsp3) is 0.231. The fourth-order valence-electron chi connectivity index (χ4n) is 4.42. The highest BCUT2D eigenvalue weighted by Gasteiger charge is 2.34. The third-order valence-electron chi connectivity index (χ3n) is 5.77. The van der Waals surface area contributed by atoms with Crippen molar-refractivity contribution in [3.8, 4) is 0 Å². The molecule has 5 heteroatoms. The first-order valence-electron chi connectivity index (χ1n) is 10.4. The minimum absolute atomic E-state index is 0.0149. The molecular weight excluding hydrogens is 404 g/mol. The summed E-state index contributed by atoms with van der Waals surface area (Å²) in [6.45, 7) is 7.70. The normalized spacial score (nSPS) is 14.7. The Balaban J connectivity index is 1.79. The summed E-state index contributed by atoms with van der Waals surface area (Å²) >= 11 is 1.64. The number of allylic oxidation sites excluding steroid dienone is 4. The molecule has 0 amide bonds. The van der Waals surface area contributed by atoms with Gasteiger partial charge >= 0.3 is 0 Å². The zero-order valence-corrected chi connectivity index (χ0v) is 19.0. The lowest BCUT2D eigenvalue weighted by atomic mass is 9.77. The van der Waals surface area contributed by atoms with Gasteiger partial charge in [0.25, 0.3) is 0 Å². The quantitative estimate of drug-likeness (QED) is 0.509. The van der Waals surface area contributed by atoms with Gasteiger partial charge in [0, 0.05) is 45.4 Å². The summed E-state index contributed by atoms with van der Waals surface area (Å²) in [5.41, 5.74) is 6.20. The highest BCUT2D eigenvalue weighted by molar-refractivity contribution is 7.17. The summed E-state index contributed by atoms with van der Waals surface area (Å²) < 4.78 is 1.14. The summed E-state index contributed by atoms with van der Waals surface area (Å²) in [7, 11) is 0. The van der Waals surface area contributed by atoms with E-state index >= 15 is 0 Å². The minimum Gasteiger partial charge on any atom is -0.381 e. The van der Waals surface area contributed by atoms with Gasteiger partial charge in [0.1, 0.15) is 0 Å². The monoisotopic (exact) mass is 430 g/mol. The maximum absolute atomic E-state index is 12.6. The number of carbonyl (C=O) groups excluding carboxylic acids is 2. The number of thiophene rings is 1. The lowest BCUT2D eigenvalue weighted by Crippen LogP contribution is -2.29. The largest absolute Gasteiger partial charge is 0.381 e. The molecule has 2 heterocycles. The Morgan fingerprint density at radius 1 is 0.968 bits per heavy atom. The molecule has 1 aliphatic rings. The van der Waals surface area contributed by atoms with Crippen molar-refractivity contribution in [2.45, 2.75) is 40.2 Å². The van der Waals surface area contributed by atoms with Gasteiger partial charge in [-0.2, -0.15) is 0 Å². The van der Waals surface area contributed by atoms with E-state index in [1.807, 2.05) is 32.0 Å². The number of nitrogens with one attached hydrogen (secondary N) is 2. The third kappa shape index (κ3) is 4.06. The van der Waals surface area contributed by atoms with Crippen molar-refractivity contribution >= 4 is 38.7 Å². The summed E-state index contributed by atoms with van der Waals surface area (Å²) in [4.78, 5) is 25.2. The average Bonchev–Trinajstić information content (AvgIpc) is 3.14. The molecule has 1 aliphatic heterocycles. The predicted molar refractivity (Wildman–Crippen MR) is 128 cm³/mol. The highest BCUT2D eigenvalue weighted by atomic mass is 32.1. The Morgan fingerprint density at radius 3 is 2.23 bits per heavy atom. The number of carbonyl (C=O) groups is 2. The summed E-state index contributed by atoms with van der Waals surface area (Å²) in [6, 6.07) is 16.6. The number of Topliss-reactive ketones (excluding diaryl/α,β-unsaturated/α-hetero) is 2. The first kappa shape index (κ1) is 21.1. The Kier molecular flexibility index (Phi) is 5.79. The first-order valence-corrected chi connectivity index (χ1v) is 11.2. The van der Waals surface area contributed by atoms with Gasteiger partial charge < -0.3 is 10.6 Å². The molecule has 0 spiro atoms. The minimum atomic E-state index is -0.352. The number of rotatable bonds is 6. The standard InChI is InChI=1S/C26H26N2O2S/c1-15-24(17(3)29)26(25(18(4)30)16(2)28-15)22-14-31-23-11-10-20(12-21(22)23)27-13-19-8-6-5-7-9-19/h5-12,14,26-28H,13H2,1-4H3. The van der Waals surface area contributed by atoms with E-state index in [1.54, 1.807) is 25.2 Å². The van der Waals surface area contributed by atoms with Gasteiger partial charge in [-0.05, 0) is 67.8 Å². The van der Waals surface area contributed by atoms with E-state index in [9.17, 15) is 9.59 Å². The zero-order valence-electron chi connectivity index (χ0n) is 18.2. The number of anilines is 1. The Morgan fingerprint density at radius 2 is 1.61 bits per heavy atom. The molecule has 0 atom stereocenters.